The molecule has 8 heteroatoms. The van der Waals surface area contributed by atoms with Crippen molar-refractivity contribution in [1.82, 2.24) is 15.6 Å². The fraction of sp³-hybridized carbons (Fsp3) is 0.556. The molecule has 1 aromatic rings. The third-order valence-electron chi connectivity index (χ3n) is 4.59. The van der Waals surface area contributed by atoms with Gasteiger partial charge in [0, 0.05) is 38.9 Å². The molecule has 1 saturated heterocycles. The summed E-state index contributed by atoms with van der Waals surface area (Å²) in [6.45, 7) is 4.29. The zero-order valence-electron chi connectivity index (χ0n) is 15.1. The lowest BCUT2D eigenvalue weighted by atomic mass is 10.1. The van der Waals surface area contributed by atoms with E-state index in [0.717, 1.165) is 63.9 Å². The smallest absolute Gasteiger partial charge is 0.191 e. The standard InChI is InChI=1S/C18H26ClN5O.HI/c1-20-18(22-9-4-14-6-11-25-12-7-14)23-15-5-10-24(13-15)17-16(19)3-2-8-21-17;/h2-3,6,8,15H,4-5,7,9-13H2,1H3,(H2,20,22,23);1H. The summed E-state index contributed by atoms with van der Waals surface area (Å²) in [4.78, 5) is 11.0. The molecule has 1 fully saturated rings. The molecule has 0 spiro atoms. The predicted octanol–water partition coefficient (Wildman–Crippen LogP) is 2.83. The van der Waals surface area contributed by atoms with Crippen LogP contribution in [-0.4, -0.2) is 56.9 Å². The molecular weight excluding hydrogens is 465 g/mol. The quantitative estimate of drug-likeness (QED) is 0.287. The third kappa shape index (κ3) is 5.99. The van der Waals surface area contributed by atoms with Crippen molar-refractivity contribution in [3.05, 3.63) is 35.0 Å². The summed E-state index contributed by atoms with van der Waals surface area (Å²) in [7, 11) is 1.81. The van der Waals surface area contributed by atoms with E-state index in [-0.39, 0.29) is 24.0 Å². The van der Waals surface area contributed by atoms with Crippen molar-refractivity contribution in [2.45, 2.75) is 25.3 Å². The number of nitrogens with zero attached hydrogens (tertiary/aromatic N) is 3. The lowest BCUT2D eigenvalue weighted by molar-refractivity contribution is 0.153. The average molecular weight is 492 g/mol. The summed E-state index contributed by atoms with van der Waals surface area (Å²) in [6.07, 6.45) is 7.08. The number of nitrogens with one attached hydrogen (secondary N) is 2. The molecule has 0 radical (unpaired) electrons. The minimum Gasteiger partial charge on any atom is -0.377 e. The zero-order valence-corrected chi connectivity index (χ0v) is 18.2. The Morgan fingerprint density at radius 1 is 1.50 bits per heavy atom. The molecule has 144 valence electrons. The normalized spacial score (nSPS) is 20.4. The number of rotatable bonds is 5. The average Bonchev–Trinajstić information content (AvgIpc) is 3.10. The van der Waals surface area contributed by atoms with Crippen molar-refractivity contribution in [2.75, 3.05) is 44.8 Å². The minimum absolute atomic E-state index is 0. The van der Waals surface area contributed by atoms with Gasteiger partial charge >= 0.3 is 0 Å². The maximum Gasteiger partial charge on any atom is 0.191 e. The van der Waals surface area contributed by atoms with Crippen LogP contribution in [0.2, 0.25) is 5.02 Å². The lowest BCUT2D eigenvalue weighted by Gasteiger charge is -2.20. The van der Waals surface area contributed by atoms with E-state index in [4.69, 9.17) is 16.3 Å². The van der Waals surface area contributed by atoms with Gasteiger partial charge in [-0.25, -0.2) is 4.98 Å². The van der Waals surface area contributed by atoms with Crippen LogP contribution >= 0.6 is 35.6 Å². The Morgan fingerprint density at radius 3 is 3.12 bits per heavy atom. The molecule has 2 N–H and O–H groups in total. The summed E-state index contributed by atoms with van der Waals surface area (Å²) in [5, 5.41) is 7.62. The molecule has 3 heterocycles. The van der Waals surface area contributed by atoms with E-state index in [1.54, 1.807) is 6.20 Å². The van der Waals surface area contributed by atoms with Crippen LogP contribution in [0.4, 0.5) is 5.82 Å². The highest BCUT2D eigenvalue weighted by molar-refractivity contribution is 14.0. The van der Waals surface area contributed by atoms with E-state index in [1.165, 1.54) is 5.57 Å². The van der Waals surface area contributed by atoms with Crippen molar-refractivity contribution >= 4 is 47.4 Å². The number of hydrogen-bond donors (Lipinski definition) is 2. The Bertz CT molecular complexity index is 640. The maximum absolute atomic E-state index is 6.25. The van der Waals surface area contributed by atoms with E-state index in [1.807, 2.05) is 19.2 Å². The molecule has 26 heavy (non-hydrogen) atoms. The molecule has 2 aliphatic heterocycles. The van der Waals surface area contributed by atoms with Gasteiger partial charge in [0.25, 0.3) is 0 Å². The first-order chi connectivity index (χ1) is 12.3. The molecule has 0 aromatic carbocycles. The highest BCUT2D eigenvalue weighted by Gasteiger charge is 2.25. The van der Waals surface area contributed by atoms with E-state index >= 15 is 0 Å². The van der Waals surface area contributed by atoms with Gasteiger partial charge in [-0.15, -0.1) is 24.0 Å². The molecule has 2 aliphatic rings. The maximum atomic E-state index is 6.25. The number of aromatic nitrogens is 1. The van der Waals surface area contributed by atoms with Gasteiger partial charge < -0.3 is 20.3 Å². The molecular formula is C18H27ClIN5O. The molecule has 1 unspecified atom stereocenters. The second-order valence-electron chi connectivity index (χ2n) is 6.32. The second-order valence-corrected chi connectivity index (χ2v) is 6.73. The monoisotopic (exact) mass is 491 g/mol. The molecule has 0 aliphatic carbocycles. The molecule has 0 bridgehead atoms. The first-order valence-electron chi connectivity index (χ1n) is 8.84. The van der Waals surface area contributed by atoms with Gasteiger partial charge in [0.1, 0.15) is 5.82 Å². The van der Waals surface area contributed by atoms with Crippen molar-refractivity contribution in [3.63, 3.8) is 0 Å². The highest BCUT2D eigenvalue weighted by atomic mass is 127. The van der Waals surface area contributed by atoms with Crippen LogP contribution in [-0.2, 0) is 4.74 Å². The van der Waals surface area contributed by atoms with Crippen LogP contribution in [0.1, 0.15) is 19.3 Å². The van der Waals surface area contributed by atoms with Gasteiger partial charge in [0.15, 0.2) is 5.96 Å². The first-order valence-corrected chi connectivity index (χ1v) is 9.22. The second kappa shape index (κ2) is 10.9. The van der Waals surface area contributed by atoms with Crippen LogP contribution in [0.15, 0.2) is 35.0 Å². The number of pyridine rings is 1. The van der Waals surface area contributed by atoms with Gasteiger partial charge in [-0.2, -0.15) is 0 Å². The van der Waals surface area contributed by atoms with Gasteiger partial charge in [0.2, 0.25) is 0 Å². The van der Waals surface area contributed by atoms with Gasteiger partial charge in [-0.1, -0.05) is 23.3 Å². The zero-order chi connectivity index (χ0) is 17.5. The summed E-state index contributed by atoms with van der Waals surface area (Å²) < 4.78 is 5.34. The molecule has 1 aromatic heterocycles. The minimum atomic E-state index is 0. The van der Waals surface area contributed by atoms with Crippen LogP contribution in [0.3, 0.4) is 0 Å². The lowest BCUT2D eigenvalue weighted by Crippen LogP contribution is -2.45. The van der Waals surface area contributed by atoms with Gasteiger partial charge in [-0.05, 0) is 31.4 Å². The largest absolute Gasteiger partial charge is 0.377 e. The Labute approximate surface area is 177 Å². The molecule has 0 amide bonds. The summed E-state index contributed by atoms with van der Waals surface area (Å²) in [6, 6.07) is 4.08. The Balaban J connectivity index is 0.00000243. The molecule has 1 atom stereocenters. The number of hydrogen-bond acceptors (Lipinski definition) is 4. The molecule has 6 nitrogen and oxygen atoms in total. The fourth-order valence-electron chi connectivity index (χ4n) is 3.20. The van der Waals surface area contributed by atoms with Crippen LogP contribution in [0.25, 0.3) is 0 Å². The van der Waals surface area contributed by atoms with Crippen molar-refractivity contribution in [1.29, 1.82) is 0 Å². The molecule has 0 saturated carbocycles. The summed E-state index contributed by atoms with van der Waals surface area (Å²) in [5.41, 5.74) is 1.46. The number of ether oxygens (including phenoxy) is 1. The van der Waals surface area contributed by atoms with Crippen LogP contribution in [0.5, 0.6) is 0 Å². The first kappa shape index (κ1) is 21.2. The SMILES string of the molecule is CN=C(NCCC1=CCOCC1)NC1CCN(c2ncccc2Cl)C1.I. The van der Waals surface area contributed by atoms with E-state index < -0.39 is 0 Å². The fourth-order valence-corrected chi connectivity index (χ4v) is 3.44. The Morgan fingerprint density at radius 2 is 2.38 bits per heavy atom. The Kier molecular flexibility index (Phi) is 8.94. The van der Waals surface area contributed by atoms with Crippen LogP contribution < -0.4 is 15.5 Å². The van der Waals surface area contributed by atoms with Gasteiger partial charge in [0.05, 0.1) is 18.2 Å². The van der Waals surface area contributed by atoms with Crippen molar-refractivity contribution < 1.29 is 4.74 Å². The highest BCUT2D eigenvalue weighted by Crippen LogP contribution is 2.25. The number of anilines is 1. The van der Waals surface area contributed by atoms with E-state index in [2.05, 4.69) is 31.6 Å². The number of aliphatic imine (C=N–C) groups is 1. The topological polar surface area (TPSA) is 61.8 Å². The predicted molar refractivity (Wildman–Crippen MR) is 118 cm³/mol. The number of guanidine groups is 1. The van der Waals surface area contributed by atoms with E-state index in [0.29, 0.717) is 11.1 Å². The summed E-state index contributed by atoms with van der Waals surface area (Å²) >= 11 is 6.25. The van der Waals surface area contributed by atoms with Crippen LogP contribution in [0, 0.1) is 0 Å². The van der Waals surface area contributed by atoms with Crippen molar-refractivity contribution in [3.8, 4) is 0 Å². The van der Waals surface area contributed by atoms with Crippen molar-refractivity contribution in [2.24, 2.45) is 4.99 Å². The molecule has 3 rings (SSSR count). The van der Waals surface area contributed by atoms with E-state index in [9.17, 15) is 0 Å². The Hall–Kier alpha value is -1.06. The van der Waals surface area contributed by atoms with Gasteiger partial charge in [-0.3, -0.25) is 4.99 Å². The number of halogens is 2. The third-order valence-corrected chi connectivity index (χ3v) is 4.88. The summed E-state index contributed by atoms with van der Waals surface area (Å²) in [5.74, 6) is 1.72.